The van der Waals surface area contributed by atoms with Crippen LogP contribution in [0.15, 0.2) is 45.9 Å². The molecule has 1 aliphatic heterocycles. The van der Waals surface area contributed by atoms with Crippen LogP contribution in [0.25, 0.3) is 0 Å². The molecule has 1 aromatic carbocycles. The second-order valence-corrected chi connectivity index (χ2v) is 7.06. The number of hydrogen-bond acceptors (Lipinski definition) is 4. The summed E-state index contributed by atoms with van der Waals surface area (Å²) in [6, 6.07) is 7.80. The van der Waals surface area contributed by atoms with E-state index in [0.29, 0.717) is 18.8 Å². The Morgan fingerprint density at radius 1 is 1.09 bits per heavy atom. The molecule has 2 heterocycles. The second-order valence-electron chi connectivity index (χ2n) is 5.19. The van der Waals surface area contributed by atoms with Crippen LogP contribution in [0.2, 0.25) is 0 Å². The summed E-state index contributed by atoms with van der Waals surface area (Å²) in [6.07, 6.45) is 1.63. The topological polar surface area (TPSA) is 79.6 Å². The molecule has 3 rings (SSSR count). The predicted molar refractivity (Wildman–Crippen MR) is 81.1 cm³/mol. The number of rotatable bonds is 4. The first-order valence-electron chi connectivity index (χ1n) is 7.14. The SMILES string of the molecule is O=C(Nc1ccc(F)cc1)c1ccc(S(=O)(=O)N2CCCC2)o1. The number of nitrogens with one attached hydrogen (secondary N) is 1. The largest absolute Gasteiger partial charge is 0.438 e. The van der Waals surface area contributed by atoms with Crippen molar-refractivity contribution >= 4 is 21.6 Å². The molecule has 6 nitrogen and oxygen atoms in total. The van der Waals surface area contributed by atoms with Gasteiger partial charge in [-0.15, -0.1) is 0 Å². The van der Waals surface area contributed by atoms with Gasteiger partial charge in [0.15, 0.2) is 5.76 Å². The summed E-state index contributed by atoms with van der Waals surface area (Å²) in [5.41, 5.74) is 0.386. The fourth-order valence-corrected chi connectivity index (χ4v) is 3.79. The molecule has 122 valence electrons. The molecule has 0 saturated carbocycles. The van der Waals surface area contributed by atoms with Gasteiger partial charge in [-0.05, 0) is 49.2 Å². The molecule has 0 atom stereocenters. The Labute approximate surface area is 132 Å². The van der Waals surface area contributed by atoms with Crippen LogP contribution in [0, 0.1) is 5.82 Å². The minimum atomic E-state index is -3.69. The molecular formula is C15H15FN2O4S. The van der Waals surface area contributed by atoms with Crippen molar-refractivity contribution in [1.82, 2.24) is 4.31 Å². The summed E-state index contributed by atoms with van der Waals surface area (Å²) in [5.74, 6) is -1.13. The fraction of sp³-hybridized carbons (Fsp3) is 0.267. The van der Waals surface area contributed by atoms with E-state index in [9.17, 15) is 17.6 Å². The minimum Gasteiger partial charge on any atom is -0.438 e. The first kappa shape index (κ1) is 15.7. The number of furan rings is 1. The maximum Gasteiger partial charge on any atom is 0.291 e. The first-order valence-corrected chi connectivity index (χ1v) is 8.58. The van der Waals surface area contributed by atoms with Gasteiger partial charge in [-0.3, -0.25) is 4.79 Å². The van der Waals surface area contributed by atoms with E-state index in [4.69, 9.17) is 4.42 Å². The van der Waals surface area contributed by atoms with Gasteiger partial charge in [0, 0.05) is 18.8 Å². The summed E-state index contributed by atoms with van der Waals surface area (Å²) in [7, 11) is -3.69. The summed E-state index contributed by atoms with van der Waals surface area (Å²) < 4.78 is 44.0. The maximum atomic E-state index is 12.8. The van der Waals surface area contributed by atoms with Gasteiger partial charge in [0.2, 0.25) is 5.09 Å². The Bertz CT molecular complexity index is 808. The number of benzene rings is 1. The molecule has 1 saturated heterocycles. The van der Waals surface area contributed by atoms with E-state index in [1.54, 1.807) is 0 Å². The van der Waals surface area contributed by atoms with E-state index in [1.165, 1.54) is 40.7 Å². The zero-order chi connectivity index (χ0) is 16.4. The van der Waals surface area contributed by atoms with Crippen molar-refractivity contribution in [2.75, 3.05) is 18.4 Å². The van der Waals surface area contributed by atoms with Gasteiger partial charge in [0.05, 0.1) is 0 Å². The van der Waals surface area contributed by atoms with E-state index in [0.717, 1.165) is 12.8 Å². The van der Waals surface area contributed by atoms with Gasteiger partial charge >= 0.3 is 0 Å². The fourth-order valence-electron chi connectivity index (χ4n) is 2.36. The van der Waals surface area contributed by atoms with Crippen LogP contribution in [0.5, 0.6) is 0 Å². The van der Waals surface area contributed by atoms with Crippen molar-refractivity contribution < 1.29 is 22.0 Å². The Hall–Kier alpha value is -2.19. The van der Waals surface area contributed by atoms with Gasteiger partial charge < -0.3 is 9.73 Å². The molecule has 1 aliphatic rings. The second kappa shape index (κ2) is 6.13. The lowest BCUT2D eigenvalue weighted by molar-refractivity contribution is 0.0991. The van der Waals surface area contributed by atoms with E-state index >= 15 is 0 Å². The lowest BCUT2D eigenvalue weighted by Crippen LogP contribution is -2.27. The highest BCUT2D eigenvalue weighted by atomic mass is 32.2. The Morgan fingerprint density at radius 2 is 1.74 bits per heavy atom. The maximum absolute atomic E-state index is 12.8. The van der Waals surface area contributed by atoms with E-state index in [1.807, 2.05) is 0 Å². The molecule has 1 fully saturated rings. The van der Waals surface area contributed by atoms with Gasteiger partial charge in [0.25, 0.3) is 15.9 Å². The molecule has 0 unspecified atom stereocenters. The lowest BCUT2D eigenvalue weighted by atomic mass is 10.3. The summed E-state index contributed by atoms with van der Waals surface area (Å²) in [5, 5.41) is 2.27. The predicted octanol–water partition coefficient (Wildman–Crippen LogP) is 2.46. The number of sulfonamides is 1. The summed E-state index contributed by atoms with van der Waals surface area (Å²) in [4.78, 5) is 12.1. The van der Waals surface area contributed by atoms with Crippen LogP contribution in [-0.4, -0.2) is 31.7 Å². The van der Waals surface area contributed by atoms with Gasteiger partial charge in [-0.25, -0.2) is 12.8 Å². The highest BCUT2D eigenvalue weighted by Gasteiger charge is 2.30. The van der Waals surface area contributed by atoms with Crippen molar-refractivity contribution in [3.8, 4) is 0 Å². The smallest absolute Gasteiger partial charge is 0.291 e. The lowest BCUT2D eigenvalue weighted by Gasteiger charge is -2.12. The van der Waals surface area contributed by atoms with Gasteiger partial charge in [-0.1, -0.05) is 0 Å². The standard InChI is InChI=1S/C15H15FN2O4S/c16-11-3-5-12(6-4-11)17-15(19)13-7-8-14(22-13)23(20,21)18-9-1-2-10-18/h3-8H,1-2,9-10H2,(H,17,19). The van der Waals surface area contributed by atoms with Crippen LogP contribution < -0.4 is 5.32 Å². The van der Waals surface area contributed by atoms with Crippen molar-refractivity contribution in [2.45, 2.75) is 17.9 Å². The van der Waals surface area contributed by atoms with Crippen LogP contribution >= 0.6 is 0 Å². The number of halogens is 1. The monoisotopic (exact) mass is 338 g/mol. The molecule has 8 heteroatoms. The molecule has 0 radical (unpaired) electrons. The normalized spacial score (nSPS) is 15.7. The number of carbonyl (C=O) groups excluding carboxylic acids is 1. The summed E-state index contributed by atoms with van der Waals surface area (Å²) in [6.45, 7) is 0.917. The first-order chi connectivity index (χ1) is 11.0. The number of amides is 1. The van der Waals surface area contributed by atoms with Crippen molar-refractivity contribution in [3.63, 3.8) is 0 Å². The van der Waals surface area contributed by atoms with Gasteiger partial charge in [-0.2, -0.15) is 4.31 Å². The summed E-state index contributed by atoms with van der Waals surface area (Å²) >= 11 is 0. The number of nitrogens with zero attached hydrogens (tertiary/aromatic N) is 1. The highest BCUT2D eigenvalue weighted by Crippen LogP contribution is 2.23. The van der Waals surface area contributed by atoms with Crippen molar-refractivity contribution in [1.29, 1.82) is 0 Å². The molecule has 0 spiro atoms. The average Bonchev–Trinajstić information content (AvgIpc) is 3.21. The highest BCUT2D eigenvalue weighted by molar-refractivity contribution is 7.89. The third-order valence-electron chi connectivity index (χ3n) is 3.57. The van der Waals surface area contributed by atoms with Gasteiger partial charge in [0.1, 0.15) is 5.82 Å². The number of anilines is 1. The molecular weight excluding hydrogens is 323 g/mol. The number of hydrogen-bond donors (Lipinski definition) is 1. The van der Waals surface area contributed by atoms with E-state index in [2.05, 4.69) is 5.32 Å². The molecule has 1 aromatic heterocycles. The van der Waals surface area contributed by atoms with E-state index in [-0.39, 0.29) is 10.9 Å². The van der Waals surface area contributed by atoms with Crippen LogP contribution in [-0.2, 0) is 10.0 Å². The minimum absolute atomic E-state index is 0.118. The molecule has 2 aromatic rings. The molecule has 1 N–H and O–H groups in total. The Kier molecular flexibility index (Phi) is 4.18. The molecule has 0 bridgehead atoms. The Balaban J connectivity index is 1.76. The van der Waals surface area contributed by atoms with E-state index < -0.39 is 21.7 Å². The zero-order valence-corrected chi connectivity index (χ0v) is 13.0. The number of carbonyl (C=O) groups is 1. The molecule has 1 amide bonds. The average molecular weight is 338 g/mol. The quantitative estimate of drug-likeness (QED) is 0.929. The zero-order valence-electron chi connectivity index (χ0n) is 12.2. The van der Waals surface area contributed by atoms with Crippen molar-refractivity contribution in [2.24, 2.45) is 0 Å². The molecule has 23 heavy (non-hydrogen) atoms. The third-order valence-corrected chi connectivity index (χ3v) is 5.34. The molecule has 0 aliphatic carbocycles. The third kappa shape index (κ3) is 3.27. The van der Waals surface area contributed by atoms with Crippen LogP contribution in [0.3, 0.4) is 0 Å². The van der Waals surface area contributed by atoms with Crippen LogP contribution in [0.1, 0.15) is 23.4 Å². The van der Waals surface area contributed by atoms with Crippen molar-refractivity contribution in [3.05, 3.63) is 48.0 Å². The Morgan fingerprint density at radius 3 is 2.39 bits per heavy atom. The van der Waals surface area contributed by atoms with Crippen LogP contribution in [0.4, 0.5) is 10.1 Å².